The largest absolute Gasteiger partial charge is 0.483 e. The molecule has 1 aromatic rings. The van der Waals surface area contributed by atoms with E-state index in [4.69, 9.17) is 4.74 Å². The van der Waals surface area contributed by atoms with Gasteiger partial charge in [-0.05, 0) is 38.1 Å². The van der Waals surface area contributed by atoms with Crippen LogP contribution in [0.25, 0.3) is 5.57 Å². The predicted molar refractivity (Wildman–Crippen MR) is 60.2 cm³/mol. The smallest absolute Gasteiger partial charge is 0.416 e. The molecular formula is C13H11F3O2. The molecule has 2 nitrogen and oxygen atoms in total. The number of ether oxygens (including phenoxy) is 1. The summed E-state index contributed by atoms with van der Waals surface area (Å²) in [6, 6.07) is 3.13. The Hall–Kier alpha value is -1.78. The van der Waals surface area contributed by atoms with E-state index in [9.17, 15) is 18.0 Å². The molecule has 0 N–H and O–H groups in total. The Labute approximate surface area is 102 Å². The van der Waals surface area contributed by atoms with Gasteiger partial charge in [0.1, 0.15) is 11.4 Å². The highest BCUT2D eigenvalue weighted by molar-refractivity contribution is 6.09. The lowest BCUT2D eigenvalue weighted by Crippen LogP contribution is -2.29. The zero-order valence-electron chi connectivity index (χ0n) is 9.84. The molecule has 1 aromatic carbocycles. The molecule has 96 valence electrons. The summed E-state index contributed by atoms with van der Waals surface area (Å²) >= 11 is 0. The van der Waals surface area contributed by atoms with Crippen LogP contribution in [0, 0.1) is 0 Å². The van der Waals surface area contributed by atoms with Crippen LogP contribution in [0.2, 0.25) is 0 Å². The van der Waals surface area contributed by atoms with Gasteiger partial charge in [-0.2, -0.15) is 13.2 Å². The van der Waals surface area contributed by atoms with Gasteiger partial charge in [0.15, 0.2) is 6.29 Å². The lowest BCUT2D eigenvalue weighted by molar-refractivity contribution is -0.137. The van der Waals surface area contributed by atoms with E-state index < -0.39 is 17.3 Å². The molecule has 0 aromatic heterocycles. The minimum atomic E-state index is -4.43. The lowest BCUT2D eigenvalue weighted by Gasteiger charge is -2.30. The molecule has 0 spiro atoms. The van der Waals surface area contributed by atoms with Gasteiger partial charge in [0.05, 0.1) is 5.56 Å². The first-order chi connectivity index (χ1) is 8.23. The second-order valence-corrected chi connectivity index (χ2v) is 4.63. The van der Waals surface area contributed by atoms with Gasteiger partial charge < -0.3 is 4.74 Å². The molecule has 0 unspecified atom stereocenters. The average molecular weight is 256 g/mol. The maximum Gasteiger partial charge on any atom is 0.416 e. The van der Waals surface area contributed by atoms with E-state index in [0.29, 0.717) is 6.29 Å². The second-order valence-electron chi connectivity index (χ2n) is 4.63. The fraction of sp³-hybridized carbons (Fsp3) is 0.308. The van der Waals surface area contributed by atoms with Crippen LogP contribution in [0.5, 0.6) is 5.75 Å². The van der Waals surface area contributed by atoms with Gasteiger partial charge in [-0.1, -0.05) is 0 Å². The Bertz CT molecular complexity index is 528. The number of allylic oxidation sites excluding steroid dienone is 1. The van der Waals surface area contributed by atoms with Gasteiger partial charge in [0.25, 0.3) is 0 Å². The summed E-state index contributed by atoms with van der Waals surface area (Å²) in [5.41, 5.74) is -1.10. The molecule has 0 fully saturated rings. The Balaban J connectivity index is 2.58. The number of rotatable bonds is 1. The first-order valence-corrected chi connectivity index (χ1v) is 5.31. The van der Waals surface area contributed by atoms with E-state index >= 15 is 0 Å². The van der Waals surface area contributed by atoms with Crippen molar-refractivity contribution in [3.8, 4) is 5.75 Å². The Morgan fingerprint density at radius 1 is 1.28 bits per heavy atom. The van der Waals surface area contributed by atoms with Gasteiger partial charge in [-0.3, -0.25) is 4.79 Å². The normalized spacial score (nSPS) is 17.5. The van der Waals surface area contributed by atoms with Crippen LogP contribution < -0.4 is 4.74 Å². The maximum atomic E-state index is 12.6. The van der Waals surface area contributed by atoms with Gasteiger partial charge >= 0.3 is 6.18 Å². The molecule has 0 aliphatic carbocycles. The minimum Gasteiger partial charge on any atom is -0.483 e. The van der Waals surface area contributed by atoms with Crippen molar-refractivity contribution in [3.05, 3.63) is 35.4 Å². The zero-order valence-corrected chi connectivity index (χ0v) is 9.84. The summed E-state index contributed by atoms with van der Waals surface area (Å²) in [4.78, 5) is 11.0. The summed E-state index contributed by atoms with van der Waals surface area (Å²) in [7, 11) is 0. The number of alkyl halides is 3. The van der Waals surface area contributed by atoms with Crippen molar-refractivity contribution < 1.29 is 22.7 Å². The molecule has 0 radical (unpaired) electrons. The fourth-order valence-corrected chi connectivity index (χ4v) is 1.88. The second kappa shape index (κ2) is 3.86. The molecule has 2 rings (SSSR count). The lowest BCUT2D eigenvalue weighted by atomic mass is 9.94. The molecule has 5 heteroatoms. The molecule has 0 saturated carbocycles. The summed E-state index contributed by atoms with van der Waals surface area (Å²) in [5.74, 6) is 0.289. The van der Waals surface area contributed by atoms with E-state index in [0.717, 1.165) is 12.1 Å². The van der Waals surface area contributed by atoms with Gasteiger partial charge in [0.2, 0.25) is 0 Å². The predicted octanol–water partition coefficient (Wildman–Crippen LogP) is 3.46. The summed E-state index contributed by atoms with van der Waals surface area (Å²) in [6.07, 6.45) is -2.37. The Morgan fingerprint density at radius 2 is 1.94 bits per heavy atom. The number of fused-ring (bicyclic) bond motifs is 1. The van der Waals surface area contributed by atoms with Crippen LogP contribution >= 0.6 is 0 Å². The third kappa shape index (κ3) is 2.25. The van der Waals surface area contributed by atoms with Crippen molar-refractivity contribution in [1.29, 1.82) is 0 Å². The maximum absolute atomic E-state index is 12.6. The first-order valence-electron chi connectivity index (χ1n) is 5.31. The summed E-state index contributed by atoms with van der Waals surface area (Å²) < 4.78 is 43.3. The number of aldehydes is 1. The highest BCUT2D eigenvalue weighted by Crippen LogP contribution is 2.39. The molecule has 0 atom stereocenters. The van der Waals surface area contributed by atoms with E-state index in [1.54, 1.807) is 13.8 Å². The summed E-state index contributed by atoms with van der Waals surface area (Å²) in [6.45, 7) is 3.47. The van der Waals surface area contributed by atoms with Crippen molar-refractivity contribution in [2.45, 2.75) is 25.6 Å². The Morgan fingerprint density at radius 3 is 2.50 bits per heavy atom. The fourth-order valence-electron chi connectivity index (χ4n) is 1.88. The molecule has 0 saturated heterocycles. The van der Waals surface area contributed by atoms with Crippen molar-refractivity contribution in [3.63, 3.8) is 0 Å². The van der Waals surface area contributed by atoms with Crippen LogP contribution in [-0.4, -0.2) is 11.9 Å². The molecule has 0 bridgehead atoms. The Kier molecular flexibility index (Phi) is 2.72. The van der Waals surface area contributed by atoms with Crippen LogP contribution in [0.3, 0.4) is 0 Å². The molecular weight excluding hydrogens is 245 g/mol. The van der Waals surface area contributed by atoms with Crippen LogP contribution in [0.4, 0.5) is 13.2 Å². The quantitative estimate of drug-likeness (QED) is 0.719. The third-order valence-electron chi connectivity index (χ3n) is 2.62. The standard InChI is InChI=1S/C13H11F3O2/c1-12(2)6-8(7-17)10-5-9(13(14,15)16)3-4-11(10)18-12/h3-7H,1-2H3. The van der Waals surface area contributed by atoms with E-state index in [1.165, 1.54) is 12.1 Å². The number of halogens is 3. The molecule has 1 aliphatic heterocycles. The summed E-state index contributed by atoms with van der Waals surface area (Å²) in [5, 5.41) is 0. The van der Waals surface area contributed by atoms with E-state index in [2.05, 4.69) is 0 Å². The van der Waals surface area contributed by atoms with Crippen molar-refractivity contribution in [1.82, 2.24) is 0 Å². The van der Waals surface area contributed by atoms with Crippen LogP contribution in [0.1, 0.15) is 25.0 Å². The van der Waals surface area contributed by atoms with Crippen LogP contribution in [-0.2, 0) is 11.0 Å². The monoisotopic (exact) mass is 256 g/mol. The zero-order chi connectivity index (χ0) is 13.6. The number of hydrogen-bond acceptors (Lipinski definition) is 2. The number of benzene rings is 1. The van der Waals surface area contributed by atoms with Crippen molar-refractivity contribution >= 4 is 11.9 Å². The molecule has 18 heavy (non-hydrogen) atoms. The third-order valence-corrected chi connectivity index (χ3v) is 2.62. The van der Waals surface area contributed by atoms with E-state index in [-0.39, 0.29) is 16.9 Å². The van der Waals surface area contributed by atoms with Crippen molar-refractivity contribution in [2.75, 3.05) is 0 Å². The number of hydrogen-bond donors (Lipinski definition) is 0. The SMILES string of the molecule is CC1(C)C=C(C=O)c2cc(C(F)(F)F)ccc2O1. The van der Waals surface area contributed by atoms with Crippen molar-refractivity contribution in [2.24, 2.45) is 0 Å². The van der Waals surface area contributed by atoms with Crippen LogP contribution in [0.15, 0.2) is 24.3 Å². The first kappa shape index (κ1) is 12.7. The number of carbonyl (C=O) groups is 1. The van der Waals surface area contributed by atoms with E-state index in [1.807, 2.05) is 0 Å². The topological polar surface area (TPSA) is 26.3 Å². The number of carbonyl (C=O) groups excluding carboxylic acids is 1. The molecule has 0 amide bonds. The van der Waals surface area contributed by atoms with Gasteiger partial charge in [0, 0.05) is 11.1 Å². The minimum absolute atomic E-state index is 0.180. The highest BCUT2D eigenvalue weighted by Gasteiger charge is 2.33. The van der Waals surface area contributed by atoms with Gasteiger partial charge in [-0.25, -0.2) is 0 Å². The molecule has 1 heterocycles. The highest BCUT2D eigenvalue weighted by atomic mass is 19.4. The molecule has 1 aliphatic rings. The average Bonchev–Trinajstić information content (AvgIpc) is 2.24. The van der Waals surface area contributed by atoms with Gasteiger partial charge in [-0.15, -0.1) is 0 Å².